The number of thioether (sulfide) groups is 1. The lowest BCUT2D eigenvalue weighted by atomic mass is 10.3. The Morgan fingerprint density at radius 2 is 2.04 bits per heavy atom. The number of para-hydroxylation sites is 1. The van der Waals surface area contributed by atoms with Crippen LogP contribution in [0.2, 0.25) is 0 Å². The van der Waals surface area contributed by atoms with Crippen LogP contribution in [-0.4, -0.2) is 25.9 Å². The zero-order valence-corrected chi connectivity index (χ0v) is 15.1. The lowest BCUT2D eigenvalue weighted by molar-refractivity contribution is -0.115. The van der Waals surface area contributed by atoms with Crippen LogP contribution in [0.3, 0.4) is 0 Å². The molecule has 1 N–H and O–H groups in total. The van der Waals surface area contributed by atoms with Gasteiger partial charge in [-0.15, -0.1) is 21.5 Å². The summed E-state index contributed by atoms with van der Waals surface area (Å²) in [7, 11) is 0. The van der Waals surface area contributed by atoms with Crippen LogP contribution in [0.5, 0.6) is 0 Å². The molecule has 0 aliphatic carbocycles. The Morgan fingerprint density at radius 3 is 2.71 bits per heavy atom. The third-order valence-electron chi connectivity index (χ3n) is 3.47. The number of anilines is 1. The van der Waals surface area contributed by atoms with Gasteiger partial charge in [0.2, 0.25) is 5.91 Å². The largest absolute Gasteiger partial charge is 0.325 e. The van der Waals surface area contributed by atoms with Crippen LogP contribution < -0.4 is 5.32 Å². The number of amides is 1. The number of aromatic nitrogens is 3. The predicted molar refractivity (Wildman–Crippen MR) is 99.4 cm³/mol. The smallest absolute Gasteiger partial charge is 0.237 e. The van der Waals surface area contributed by atoms with E-state index in [1.54, 1.807) is 11.3 Å². The number of carbonyl (C=O) groups excluding carboxylic acids is 1. The van der Waals surface area contributed by atoms with Gasteiger partial charge in [-0.2, -0.15) is 0 Å². The van der Waals surface area contributed by atoms with Gasteiger partial charge in [0, 0.05) is 12.2 Å². The first-order valence-corrected chi connectivity index (χ1v) is 9.44. The molecule has 1 aromatic carbocycles. The standard InChI is InChI=1S/C17H18N4OS2/c1-3-21-15(14-10-7-11-23-14)19-20-17(21)24-12(2)16(22)18-13-8-5-4-6-9-13/h4-12H,3H2,1-2H3,(H,18,22)/t12-/m0/s1. The molecule has 124 valence electrons. The Balaban J connectivity index is 1.72. The van der Waals surface area contributed by atoms with Gasteiger partial charge in [-0.1, -0.05) is 36.0 Å². The summed E-state index contributed by atoms with van der Waals surface area (Å²) in [5, 5.41) is 14.0. The molecule has 3 aromatic rings. The normalized spacial score (nSPS) is 12.1. The number of rotatable bonds is 6. The SMILES string of the molecule is CCn1c(S[C@@H](C)C(=O)Nc2ccccc2)nnc1-c1cccs1. The summed E-state index contributed by atoms with van der Waals surface area (Å²) >= 11 is 3.06. The van der Waals surface area contributed by atoms with Gasteiger partial charge in [-0.3, -0.25) is 4.79 Å². The molecule has 0 radical (unpaired) electrons. The summed E-state index contributed by atoms with van der Waals surface area (Å²) in [6.07, 6.45) is 0. The molecule has 0 spiro atoms. The fraction of sp³-hybridized carbons (Fsp3) is 0.235. The summed E-state index contributed by atoms with van der Waals surface area (Å²) in [5.41, 5.74) is 0.797. The maximum atomic E-state index is 12.4. The van der Waals surface area contributed by atoms with Crippen molar-refractivity contribution in [2.75, 3.05) is 5.32 Å². The van der Waals surface area contributed by atoms with Gasteiger partial charge in [-0.25, -0.2) is 0 Å². The molecule has 0 saturated heterocycles. The highest BCUT2D eigenvalue weighted by molar-refractivity contribution is 8.00. The van der Waals surface area contributed by atoms with Crippen molar-refractivity contribution in [3.05, 3.63) is 47.8 Å². The first kappa shape index (κ1) is 16.7. The molecule has 0 aliphatic rings. The van der Waals surface area contributed by atoms with Crippen molar-refractivity contribution in [2.24, 2.45) is 0 Å². The molecule has 2 aromatic heterocycles. The minimum atomic E-state index is -0.268. The second-order valence-corrected chi connectivity index (χ2v) is 7.40. The Labute approximate surface area is 149 Å². The molecule has 7 heteroatoms. The molecule has 0 fully saturated rings. The van der Waals surface area contributed by atoms with Gasteiger partial charge in [-0.05, 0) is 37.4 Å². The second kappa shape index (κ2) is 7.63. The maximum absolute atomic E-state index is 12.4. The van der Waals surface area contributed by atoms with Crippen molar-refractivity contribution in [3.63, 3.8) is 0 Å². The van der Waals surface area contributed by atoms with Crippen molar-refractivity contribution in [2.45, 2.75) is 30.8 Å². The Bertz CT molecular complexity index is 799. The molecule has 5 nitrogen and oxygen atoms in total. The van der Waals surface area contributed by atoms with E-state index >= 15 is 0 Å². The van der Waals surface area contributed by atoms with E-state index in [4.69, 9.17) is 0 Å². The van der Waals surface area contributed by atoms with Crippen LogP contribution in [0.25, 0.3) is 10.7 Å². The van der Waals surface area contributed by atoms with E-state index < -0.39 is 0 Å². The number of hydrogen-bond donors (Lipinski definition) is 1. The van der Waals surface area contributed by atoms with Crippen molar-refractivity contribution < 1.29 is 4.79 Å². The van der Waals surface area contributed by atoms with Crippen molar-refractivity contribution >= 4 is 34.7 Å². The monoisotopic (exact) mass is 358 g/mol. The Morgan fingerprint density at radius 1 is 1.25 bits per heavy atom. The van der Waals surface area contributed by atoms with E-state index in [-0.39, 0.29) is 11.2 Å². The molecule has 1 atom stereocenters. The number of nitrogens with zero attached hydrogens (tertiary/aromatic N) is 3. The quantitative estimate of drug-likeness (QED) is 0.673. The molecular weight excluding hydrogens is 340 g/mol. The predicted octanol–water partition coefficient (Wildman–Crippen LogP) is 4.15. The van der Waals surface area contributed by atoms with Crippen molar-refractivity contribution in [1.29, 1.82) is 0 Å². The summed E-state index contributed by atoms with van der Waals surface area (Å²) in [6, 6.07) is 13.5. The van der Waals surface area contributed by atoms with Gasteiger partial charge in [0.25, 0.3) is 0 Å². The zero-order valence-electron chi connectivity index (χ0n) is 13.5. The van der Waals surface area contributed by atoms with E-state index in [9.17, 15) is 4.79 Å². The van der Waals surface area contributed by atoms with Crippen LogP contribution in [0.15, 0.2) is 53.0 Å². The van der Waals surface area contributed by atoms with E-state index in [1.807, 2.05) is 59.3 Å². The number of hydrogen-bond acceptors (Lipinski definition) is 5. The number of nitrogens with one attached hydrogen (secondary N) is 1. The molecule has 0 unspecified atom stereocenters. The minimum absolute atomic E-state index is 0.0467. The number of benzene rings is 1. The topological polar surface area (TPSA) is 59.8 Å². The van der Waals surface area contributed by atoms with E-state index in [0.717, 1.165) is 28.1 Å². The summed E-state index contributed by atoms with van der Waals surface area (Å²) in [4.78, 5) is 13.4. The number of carbonyl (C=O) groups is 1. The molecular formula is C17H18N4OS2. The van der Waals surface area contributed by atoms with Gasteiger partial charge in [0.1, 0.15) is 0 Å². The second-order valence-electron chi connectivity index (χ2n) is 5.14. The van der Waals surface area contributed by atoms with E-state index in [1.165, 1.54) is 11.8 Å². The van der Waals surface area contributed by atoms with Gasteiger partial charge in [0.05, 0.1) is 10.1 Å². The van der Waals surface area contributed by atoms with Gasteiger partial charge < -0.3 is 9.88 Å². The van der Waals surface area contributed by atoms with E-state index in [0.29, 0.717) is 0 Å². The Hall–Kier alpha value is -2.12. The average Bonchev–Trinajstić information content (AvgIpc) is 3.24. The summed E-state index contributed by atoms with van der Waals surface area (Å²) in [5.74, 6) is 0.806. The average molecular weight is 358 g/mol. The third-order valence-corrected chi connectivity index (χ3v) is 5.41. The lowest BCUT2D eigenvalue weighted by Gasteiger charge is -2.12. The van der Waals surface area contributed by atoms with Crippen molar-refractivity contribution in [3.8, 4) is 10.7 Å². The van der Waals surface area contributed by atoms with Crippen LogP contribution in [0.4, 0.5) is 5.69 Å². The first-order valence-electron chi connectivity index (χ1n) is 7.68. The van der Waals surface area contributed by atoms with Crippen LogP contribution >= 0.6 is 23.1 Å². The third kappa shape index (κ3) is 3.68. The highest BCUT2D eigenvalue weighted by Gasteiger charge is 2.20. The van der Waals surface area contributed by atoms with Gasteiger partial charge in [0.15, 0.2) is 11.0 Å². The molecule has 0 saturated carbocycles. The first-order chi connectivity index (χ1) is 11.7. The molecule has 2 heterocycles. The molecule has 0 aliphatic heterocycles. The molecule has 0 bridgehead atoms. The van der Waals surface area contributed by atoms with E-state index in [2.05, 4.69) is 22.4 Å². The molecule has 3 rings (SSSR count). The Kier molecular flexibility index (Phi) is 5.32. The number of thiophene rings is 1. The molecule has 24 heavy (non-hydrogen) atoms. The lowest BCUT2D eigenvalue weighted by Crippen LogP contribution is -2.22. The van der Waals surface area contributed by atoms with Crippen LogP contribution in [0.1, 0.15) is 13.8 Å². The maximum Gasteiger partial charge on any atom is 0.237 e. The fourth-order valence-electron chi connectivity index (χ4n) is 2.23. The zero-order chi connectivity index (χ0) is 16.9. The summed E-state index contributed by atoms with van der Waals surface area (Å²) < 4.78 is 2.04. The van der Waals surface area contributed by atoms with Crippen molar-refractivity contribution in [1.82, 2.24) is 14.8 Å². The van der Waals surface area contributed by atoms with Crippen LogP contribution in [0, 0.1) is 0 Å². The fourth-order valence-corrected chi connectivity index (χ4v) is 3.86. The minimum Gasteiger partial charge on any atom is -0.325 e. The van der Waals surface area contributed by atoms with Gasteiger partial charge >= 0.3 is 0 Å². The highest BCUT2D eigenvalue weighted by atomic mass is 32.2. The van der Waals surface area contributed by atoms with Crippen LogP contribution in [-0.2, 0) is 11.3 Å². The molecule has 1 amide bonds. The highest BCUT2D eigenvalue weighted by Crippen LogP contribution is 2.29. The summed E-state index contributed by atoms with van der Waals surface area (Å²) in [6.45, 7) is 4.69.